The Hall–Kier alpha value is -2.08. The van der Waals surface area contributed by atoms with Crippen molar-refractivity contribution in [2.75, 3.05) is 38.0 Å². The smallest absolute Gasteiger partial charge is 0.317 e. The number of amides is 3. The number of piperazine rings is 1. The van der Waals surface area contributed by atoms with E-state index in [1.165, 1.54) is 0 Å². The van der Waals surface area contributed by atoms with E-state index in [4.69, 9.17) is 0 Å². The molecule has 1 unspecified atom stereocenters. The highest BCUT2D eigenvalue weighted by atomic mass is 16.2. The number of anilines is 1. The van der Waals surface area contributed by atoms with Crippen LogP contribution in [0.15, 0.2) is 24.3 Å². The summed E-state index contributed by atoms with van der Waals surface area (Å²) in [4.78, 5) is 28.5. The van der Waals surface area contributed by atoms with E-state index in [0.717, 1.165) is 17.7 Å². The second-order valence-corrected chi connectivity index (χ2v) is 7.30. The Morgan fingerprint density at radius 1 is 1.08 bits per heavy atom. The predicted octanol–water partition coefficient (Wildman–Crippen LogP) is 2.56. The van der Waals surface area contributed by atoms with Crippen LogP contribution in [0.2, 0.25) is 0 Å². The summed E-state index contributed by atoms with van der Waals surface area (Å²) in [6, 6.07) is 8.04. The molecule has 0 aromatic heterocycles. The lowest BCUT2D eigenvalue weighted by Crippen LogP contribution is -2.54. The lowest BCUT2D eigenvalue weighted by molar-refractivity contribution is -0.117. The van der Waals surface area contributed by atoms with Crippen molar-refractivity contribution in [3.8, 4) is 0 Å². The van der Waals surface area contributed by atoms with Crippen LogP contribution in [0.3, 0.4) is 0 Å². The number of rotatable bonds is 6. The molecule has 1 aliphatic rings. The fourth-order valence-corrected chi connectivity index (χ4v) is 2.91. The lowest BCUT2D eigenvalue weighted by atomic mass is 10.1. The minimum atomic E-state index is -0.00725. The Morgan fingerprint density at radius 2 is 1.73 bits per heavy atom. The second kappa shape index (κ2) is 9.57. The van der Waals surface area contributed by atoms with Crippen LogP contribution >= 0.6 is 0 Å². The van der Waals surface area contributed by atoms with E-state index < -0.39 is 0 Å². The van der Waals surface area contributed by atoms with Crippen LogP contribution in [-0.4, -0.2) is 60.5 Å². The van der Waals surface area contributed by atoms with Gasteiger partial charge in [0.15, 0.2) is 0 Å². The summed E-state index contributed by atoms with van der Waals surface area (Å²) in [6.07, 6.45) is 0.888. The van der Waals surface area contributed by atoms with E-state index in [1.54, 1.807) is 0 Å². The van der Waals surface area contributed by atoms with Crippen molar-refractivity contribution in [1.82, 2.24) is 15.1 Å². The molecule has 6 nitrogen and oxygen atoms in total. The van der Waals surface area contributed by atoms with Crippen molar-refractivity contribution < 1.29 is 9.59 Å². The molecule has 144 valence electrons. The van der Waals surface area contributed by atoms with Crippen LogP contribution in [0.1, 0.15) is 33.3 Å². The Labute approximate surface area is 156 Å². The number of nitrogens with zero attached hydrogens (tertiary/aromatic N) is 2. The maximum absolute atomic E-state index is 12.3. The molecule has 1 heterocycles. The molecule has 0 spiro atoms. The molecule has 0 saturated carbocycles. The molecule has 0 bridgehead atoms. The molecule has 1 fully saturated rings. The molecule has 0 radical (unpaired) electrons. The van der Waals surface area contributed by atoms with Crippen LogP contribution in [0.4, 0.5) is 10.5 Å². The fraction of sp³-hybridized carbons (Fsp3) is 0.600. The molecule has 1 saturated heterocycles. The van der Waals surface area contributed by atoms with Crippen LogP contribution in [-0.2, 0) is 11.2 Å². The highest BCUT2D eigenvalue weighted by Crippen LogP contribution is 2.15. The molecule has 0 aliphatic carbocycles. The number of para-hydroxylation sites is 1. The van der Waals surface area contributed by atoms with Crippen molar-refractivity contribution >= 4 is 17.6 Å². The maximum Gasteiger partial charge on any atom is 0.317 e. The van der Waals surface area contributed by atoms with E-state index in [-0.39, 0.29) is 18.0 Å². The molecule has 2 N–H and O–H groups in total. The van der Waals surface area contributed by atoms with Gasteiger partial charge in [-0.1, -0.05) is 39.0 Å². The Kier molecular flexibility index (Phi) is 7.45. The van der Waals surface area contributed by atoms with E-state index in [0.29, 0.717) is 38.6 Å². The van der Waals surface area contributed by atoms with Crippen molar-refractivity contribution in [3.05, 3.63) is 29.8 Å². The standard InChI is InChI=1S/C20H32N4O2/c1-5-17-8-6-7-9-18(17)22-19(25)14-23-10-12-24(13-11-23)20(26)21-16(4)15(2)3/h6-9,15-16H,5,10-14H2,1-4H3,(H,21,26)(H,22,25). The van der Waals surface area contributed by atoms with Gasteiger partial charge in [-0.2, -0.15) is 0 Å². The third kappa shape index (κ3) is 5.73. The molecule has 1 aromatic rings. The number of carbonyl (C=O) groups is 2. The number of nitrogens with one attached hydrogen (secondary N) is 2. The number of hydrogen-bond acceptors (Lipinski definition) is 3. The second-order valence-electron chi connectivity index (χ2n) is 7.30. The molecule has 1 aliphatic heterocycles. The molecule has 1 aromatic carbocycles. The lowest BCUT2D eigenvalue weighted by Gasteiger charge is -2.35. The molecule has 3 amide bonds. The average molecular weight is 361 g/mol. The highest BCUT2D eigenvalue weighted by Gasteiger charge is 2.23. The summed E-state index contributed by atoms with van der Waals surface area (Å²) in [6.45, 7) is 11.4. The van der Waals surface area contributed by atoms with Gasteiger partial charge < -0.3 is 15.5 Å². The molecule has 1 atom stereocenters. The van der Waals surface area contributed by atoms with Crippen LogP contribution in [0.5, 0.6) is 0 Å². The number of urea groups is 1. The average Bonchev–Trinajstić information content (AvgIpc) is 2.62. The van der Waals surface area contributed by atoms with Gasteiger partial charge in [-0.15, -0.1) is 0 Å². The topological polar surface area (TPSA) is 64.7 Å². The van der Waals surface area contributed by atoms with Gasteiger partial charge in [-0.25, -0.2) is 4.79 Å². The quantitative estimate of drug-likeness (QED) is 0.819. The number of benzene rings is 1. The Balaban J connectivity index is 1.77. The summed E-state index contributed by atoms with van der Waals surface area (Å²) < 4.78 is 0. The van der Waals surface area contributed by atoms with Crippen LogP contribution in [0.25, 0.3) is 0 Å². The highest BCUT2D eigenvalue weighted by molar-refractivity contribution is 5.93. The van der Waals surface area contributed by atoms with Gasteiger partial charge in [0.25, 0.3) is 0 Å². The summed E-state index contributed by atoms with van der Waals surface area (Å²) in [7, 11) is 0. The van der Waals surface area contributed by atoms with Crippen LogP contribution in [0, 0.1) is 5.92 Å². The van der Waals surface area contributed by atoms with E-state index >= 15 is 0 Å². The summed E-state index contributed by atoms with van der Waals surface area (Å²) in [5, 5.41) is 6.05. The molecule has 6 heteroatoms. The Bertz CT molecular complexity index is 610. The zero-order chi connectivity index (χ0) is 19.1. The zero-order valence-electron chi connectivity index (χ0n) is 16.4. The van der Waals surface area contributed by atoms with E-state index in [1.807, 2.05) is 36.1 Å². The van der Waals surface area contributed by atoms with Crippen molar-refractivity contribution in [1.29, 1.82) is 0 Å². The molecular formula is C20H32N4O2. The van der Waals surface area contributed by atoms with E-state index in [2.05, 4.69) is 36.3 Å². The van der Waals surface area contributed by atoms with Crippen molar-refractivity contribution in [2.45, 2.75) is 40.2 Å². The first-order valence-electron chi connectivity index (χ1n) is 9.56. The van der Waals surface area contributed by atoms with Crippen LogP contribution < -0.4 is 10.6 Å². The largest absolute Gasteiger partial charge is 0.335 e. The van der Waals surface area contributed by atoms with Crippen molar-refractivity contribution in [3.63, 3.8) is 0 Å². The van der Waals surface area contributed by atoms with E-state index in [9.17, 15) is 9.59 Å². The van der Waals surface area contributed by atoms with Gasteiger partial charge in [0, 0.05) is 37.9 Å². The van der Waals surface area contributed by atoms with Gasteiger partial charge in [-0.05, 0) is 30.9 Å². The van der Waals surface area contributed by atoms with Gasteiger partial charge in [-0.3, -0.25) is 9.69 Å². The normalized spacial score (nSPS) is 16.4. The Morgan fingerprint density at radius 3 is 2.35 bits per heavy atom. The minimum Gasteiger partial charge on any atom is -0.335 e. The predicted molar refractivity (Wildman–Crippen MR) is 105 cm³/mol. The molecular weight excluding hydrogens is 328 g/mol. The summed E-state index contributed by atoms with van der Waals surface area (Å²) in [5.41, 5.74) is 2.03. The van der Waals surface area contributed by atoms with Gasteiger partial charge in [0.2, 0.25) is 5.91 Å². The number of aryl methyl sites for hydroxylation is 1. The summed E-state index contributed by atoms with van der Waals surface area (Å²) >= 11 is 0. The van der Waals surface area contributed by atoms with Crippen molar-refractivity contribution in [2.24, 2.45) is 5.92 Å². The first kappa shape index (κ1) is 20.2. The SMILES string of the molecule is CCc1ccccc1NC(=O)CN1CCN(C(=O)NC(C)C(C)C)CC1. The number of carbonyl (C=O) groups excluding carboxylic acids is 2. The number of hydrogen-bond donors (Lipinski definition) is 2. The maximum atomic E-state index is 12.3. The minimum absolute atomic E-state index is 0.00256. The first-order valence-corrected chi connectivity index (χ1v) is 9.56. The zero-order valence-corrected chi connectivity index (χ0v) is 16.4. The monoisotopic (exact) mass is 360 g/mol. The van der Waals surface area contributed by atoms with Gasteiger partial charge in [0.1, 0.15) is 0 Å². The van der Waals surface area contributed by atoms with Gasteiger partial charge in [0.05, 0.1) is 6.54 Å². The van der Waals surface area contributed by atoms with Gasteiger partial charge >= 0.3 is 6.03 Å². The third-order valence-corrected chi connectivity index (χ3v) is 5.05. The summed E-state index contributed by atoms with van der Waals surface area (Å²) in [5.74, 6) is 0.409. The first-order chi connectivity index (χ1) is 12.4. The molecule has 26 heavy (non-hydrogen) atoms. The molecule has 2 rings (SSSR count). The fourth-order valence-electron chi connectivity index (χ4n) is 2.91. The third-order valence-electron chi connectivity index (χ3n) is 5.05.